The molecule has 1 N–H and O–H groups in total. The van der Waals surface area contributed by atoms with Crippen LogP contribution in [0, 0.1) is 13.8 Å². The van der Waals surface area contributed by atoms with Crippen LogP contribution in [-0.2, 0) is 9.59 Å². The number of Topliss-reactive ketones (excluding diaryl/α,β-unsaturated/α-hetero) is 1. The highest BCUT2D eigenvalue weighted by Gasteiger charge is 2.48. The van der Waals surface area contributed by atoms with E-state index in [4.69, 9.17) is 14.5 Å². The van der Waals surface area contributed by atoms with Crippen LogP contribution < -0.4 is 14.4 Å². The number of fused-ring (bicyclic) bond motifs is 1. The number of thiazole rings is 1. The first-order chi connectivity index (χ1) is 18.3. The van der Waals surface area contributed by atoms with E-state index in [2.05, 4.69) is 0 Å². The minimum absolute atomic E-state index is 0.0000306. The van der Waals surface area contributed by atoms with Gasteiger partial charge in [0.2, 0.25) is 0 Å². The van der Waals surface area contributed by atoms with Gasteiger partial charge in [0, 0.05) is 5.56 Å². The summed E-state index contributed by atoms with van der Waals surface area (Å²) in [6.07, 6.45) is 0. The van der Waals surface area contributed by atoms with Gasteiger partial charge >= 0.3 is 5.91 Å². The zero-order valence-corrected chi connectivity index (χ0v) is 22.5. The van der Waals surface area contributed by atoms with Crippen molar-refractivity contribution in [1.82, 2.24) is 4.98 Å². The van der Waals surface area contributed by atoms with Gasteiger partial charge in [-0.3, -0.25) is 14.5 Å². The van der Waals surface area contributed by atoms with Crippen molar-refractivity contribution in [2.24, 2.45) is 0 Å². The van der Waals surface area contributed by atoms with E-state index in [1.165, 1.54) is 16.2 Å². The van der Waals surface area contributed by atoms with Crippen LogP contribution in [0.4, 0.5) is 5.13 Å². The van der Waals surface area contributed by atoms with Crippen molar-refractivity contribution in [2.45, 2.75) is 33.7 Å². The van der Waals surface area contributed by atoms with Crippen molar-refractivity contribution < 1.29 is 24.2 Å². The van der Waals surface area contributed by atoms with Crippen molar-refractivity contribution >= 4 is 44.1 Å². The number of aryl methyl sites for hydroxylation is 2. The normalized spacial score (nSPS) is 16.8. The van der Waals surface area contributed by atoms with Crippen molar-refractivity contribution in [3.8, 4) is 11.5 Å². The average Bonchev–Trinajstić information content (AvgIpc) is 3.43. The number of rotatable bonds is 7. The van der Waals surface area contributed by atoms with Crippen LogP contribution in [-0.4, -0.2) is 35.0 Å². The summed E-state index contributed by atoms with van der Waals surface area (Å²) >= 11 is 1.35. The fourth-order valence-corrected chi connectivity index (χ4v) is 5.94. The molecule has 0 spiro atoms. The Kier molecular flexibility index (Phi) is 6.91. The van der Waals surface area contributed by atoms with E-state index < -0.39 is 17.7 Å². The lowest BCUT2D eigenvalue weighted by Gasteiger charge is -2.23. The van der Waals surface area contributed by atoms with Crippen molar-refractivity contribution in [3.05, 3.63) is 88.5 Å². The van der Waals surface area contributed by atoms with Crippen LogP contribution in [0.2, 0.25) is 0 Å². The molecule has 1 fully saturated rings. The Bertz CT molecular complexity index is 1570. The number of amides is 1. The van der Waals surface area contributed by atoms with Crippen molar-refractivity contribution in [2.75, 3.05) is 18.1 Å². The maximum atomic E-state index is 13.6. The second-order valence-electron chi connectivity index (χ2n) is 9.06. The third-order valence-corrected chi connectivity index (χ3v) is 7.40. The van der Waals surface area contributed by atoms with Gasteiger partial charge in [-0.05, 0) is 74.7 Å². The molecule has 1 unspecified atom stereocenters. The molecule has 1 aliphatic heterocycles. The van der Waals surface area contributed by atoms with Gasteiger partial charge in [0.15, 0.2) is 5.13 Å². The van der Waals surface area contributed by atoms with Gasteiger partial charge in [0.05, 0.1) is 35.0 Å². The fourth-order valence-electron chi connectivity index (χ4n) is 4.78. The molecule has 0 aliphatic carbocycles. The zero-order valence-electron chi connectivity index (χ0n) is 21.6. The summed E-state index contributed by atoms with van der Waals surface area (Å²) in [5, 5.41) is 11.8. The smallest absolute Gasteiger partial charge is 0.301 e. The van der Waals surface area contributed by atoms with E-state index in [1.54, 1.807) is 48.5 Å². The SMILES string of the molecule is CCOc1ccc(C2/C(=C(\O)c3cccc(OCC)c3)C(=O)C(=O)N2c2nc3c(C)cc(C)cc3s2)cc1. The summed E-state index contributed by atoms with van der Waals surface area (Å²) in [5.41, 5.74) is 3.91. The van der Waals surface area contributed by atoms with Crippen LogP contribution in [0.1, 0.15) is 42.1 Å². The summed E-state index contributed by atoms with van der Waals surface area (Å²) in [4.78, 5) is 33.2. The molecule has 1 amide bonds. The lowest BCUT2D eigenvalue weighted by molar-refractivity contribution is -0.132. The Morgan fingerprint density at radius 1 is 0.974 bits per heavy atom. The van der Waals surface area contributed by atoms with Gasteiger partial charge in [-0.25, -0.2) is 4.98 Å². The van der Waals surface area contributed by atoms with Gasteiger partial charge in [-0.1, -0.05) is 41.7 Å². The topological polar surface area (TPSA) is 89.0 Å². The Labute approximate surface area is 225 Å². The predicted octanol–water partition coefficient (Wildman–Crippen LogP) is 6.34. The van der Waals surface area contributed by atoms with E-state index >= 15 is 0 Å². The predicted molar refractivity (Wildman–Crippen MR) is 149 cm³/mol. The minimum atomic E-state index is -0.872. The molecule has 5 rings (SSSR count). The fraction of sp³-hybridized carbons (Fsp3) is 0.233. The number of ether oxygens (including phenoxy) is 2. The van der Waals surface area contributed by atoms with Gasteiger partial charge in [-0.15, -0.1) is 0 Å². The number of aromatic nitrogens is 1. The first kappa shape index (κ1) is 25.5. The third kappa shape index (κ3) is 4.52. The number of aliphatic hydroxyl groups excluding tert-OH is 1. The van der Waals surface area contributed by atoms with E-state index in [0.717, 1.165) is 21.3 Å². The van der Waals surface area contributed by atoms with Gasteiger partial charge in [0.25, 0.3) is 5.78 Å². The molecule has 38 heavy (non-hydrogen) atoms. The molecule has 194 valence electrons. The molecular formula is C30H28N2O5S. The molecule has 0 bridgehead atoms. The van der Waals surface area contributed by atoms with Gasteiger partial charge in [-0.2, -0.15) is 0 Å². The Hall–Kier alpha value is -4.17. The number of carbonyl (C=O) groups excluding carboxylic acids is 2. The molecule has 7 nitrogen and oxygen atoms in total. The first-order valence-electron chi connectivity index (χ1n) is 12.5. The van der Waals surface area contributed by atoms with Crippen LogP contribution in [0.25, 0.3) is 16.0 Å². The molecule has 1 aromatic heterocycles. The maximum absolute atomic E-state index is 13.6. The van der Waals surface area contributed by atoms with Gasteiger partial charge in [0.1, 0.15) is 17.3 Å². The molecule has 1 saturated heterocycles. The quantitative estimate of drug-likeness (QED) is 0.171. The second-order valence-corrected chi connectivity index (χ2v) is 10.1. The number of nitrogens with zero attached hydrogens (tertiary/aromatic N) is 2. The van der Waals surface area contributed by atoms with Crippen LogP contribution >= 0.6 is 11.3 Å². The van der Waals surface area contributed by atoms with E-state index in [0.29, 0.717) is 41.0 Å². The summed E-state index contributed by atoms with van der Waals surface area (Å²) < 4.78 is 12.1. The van der Waals surface area contributed by atoms with E-state index in [-0.39, 0.29) is 11.3 Å². The Morgan fingerprint density at radius 2 is 1.68 bits per heavy atom. The molecule has 1 atom stereocenters. The summed E-state index contributed by atoms with van der Waals surface area (Å²) in [6.45, 7) is 8.72. The zero-order chi connectivity index (χ0) is 27.0. The van der Waals surface area contributed by atoms with E-state index in [9.17, 15) is 14.7 Å². The molecule has 3 aromatic carbocycles. The van der Waals surface area contributed by atoms with Crippen LogP contribution in [0.15, 0.2) is 66.2 Å². The van der Waals surface area contributed by atoms with E-state index in [1.807, 2.05) is 39.8 Å². The average molecular weight is 529 g/mol. The first-order valence-corrected chi connectivity index (χ1v) is 13.3. The summed E-state index contributed by atoms with van der Waals surface area (Å²) in [5.74, 6) is -0.543. The third-order valence-electron chi connectivity index (χ3n) is 6.39. The second kappa shape index (κ2) is 10.3. The molecule has 8 heteroatoms. The molecular weight excluding hydrogens is 500 g/mol. The largest absolute Gasteiger partial charge is 0.507 e. The highest BCUT2D eigenvalue weighted by Crippen LogP contribution is 2.45. The molecule has 0 saturated carbocycles. The van der Waals surface area contributed by atoms with Gasteiger partial charge < -0.3 is 14.6 Å². The number of aliphatic hydroxyl groups is 1. The molecule has 0 radical (unpaired) electrons. The molecule has 4 aromatic rings. The Balaban J connectivity index is 1.70. The van der Waals surface area contributed by atoms with Crippen LogP contribution in [0.5, 0.6) is 11.5 Å². The molecule has 1 aliphatic rings. The Morgan fingerprint density at radius 3 is 2.39 bits per heavy atom. The summed E-state index contributed by atoms with van der Waals surface area (Å²) in [7, 11) is 0. The summed E-state index contributed by atoms with van der Waals surface area (Å²) in [6, 6.07) is 17.2. The van der Waals surface area contributed by atoms with Crippen molar-refractivity contribution in [3.63, 3.8) is 0 Å². The lowest BCUT2D eigenvalue weighted by Crippen LogP contribution is -2.29. The maximum Gasteiger partial charge on any atom is 0.301 e. The number of carbonyl (C=O) groups is 2. The van der Waals surface area contributed by atoms with Crippen molar-refractivity contribution in [1.29, 1.82) is 0 Å². The minimum Gasteiger partial charge on any atom is -0.507 e. The molecule has 2 heterocycles. The number of ketones is 1. The van der Waals surface area contributed by atoms with Crippen LogP contribution in [0.3, 0.4) is 0 Å². The standard InChI is InChI=1S/C30H28N2O5S/c1-5-36-21-12-10-19(11-13-21)26-24(27(33)20-8-7-9-22(16-20)37-6-2)28(34)29(35)32(26)30-31-25-18(4)14-17(3)15-23(25)38-30/h7-16,26,33H,5-6H2,1-4H3/b27-24+. The number of hydrogen-bond donors (Lipinski definition) is 1. The highest BCUT2D eigenvalue weighted by atomic mass is 32.1. The lowest BCUT2D eigenvalue weighted by atomic mass is 9.95. The number of anilines is 1. The number of hydrogen-bond acceptors (Lipinski definition) is 7. The monoisotopic (exact) mass is 528 g/mol. The number of benzene rings is 3. The highest BCUT2D eigenvalue weighted by molar-refractivity contribution is 7.22.